The molecular formula is C19H27BrN2O3. The third-order valence-electron chi connectivity index (χ3n) is 4.96. The molecule has 3 rings (SSSR count). The van der Waals surface area contributed by atoms with Gasteiger partial charge in [0.15, 0.2) is 6.10 Å². The lowest BCUT2D eigenvalue weighted by molar-refractivity contribution is -0.142. The van der Waals surface area contributed by atoms with E-state index in [1.807, 2.05) is 36.1 Å². The fourth-order valence-corrected chi connectivity index (χ4v) is 3.83. The molecule has 2 saturated heterocycles. The van der Waals surface area contributed by atoms with Crippen LogP contribution in [0.15, 0.2) is 28.7 Å². The minimum atomic E-state index is -0.466. The second-order valence-electron chi connectivity index (χ2n) is 6.81. The Morgan fingerprint density at radius 2 is 1.96 bits per heavy atom. The van der Waals surface area contributed by atoms with E-state index >= 15 is 0 Å². The molecule has 2 aliphatic heterocycles. The number of carbonyl (C=O) groups is 1. The normalized spacial score (nSPS) is 23.3. The smallest absolute Gasteiger partial charge is 0.263 e. The molecule has 2 aliphatic rings. The number of carbonyl (C=O) groups excluding carboxylic acids is 1. The van der Waals surface area contributed by atoms with Crippen LogP contribution in [-0.2, 0) is 9.53 Å². The SMILES string of the molecule is CC(Oc1ccc(Br)cc1)C(=O)N1CCCCC1CN1CCOCC1. The van der Waals surface area contributed by atoms with Gasteiger partial charge >= 0.3 is 0 Å². The van der Waals surface area contributed by atoms with E-state index in [2.05, 4.69) is 20.8 Å². The highest BCUT2D eigenvalue weighted by Gasteiger charge is 2.32. The highest BCUT2D eigenvalue weighted by molar-refractivity contribution is 9.10. The Labute approximate surface area is 158 Å². The van der Waals surface area contributed by atoms with E-state index < -0.39 is 6.10 Å². The highest BCUT2D eigenvalue weighted by atomic mass is 79.9. The number of hydrogen-bond acceptors (Lipinski definition) is 4. The minimum Gasteiger partial charge on any atom is -0.481 e. The van der Waals surface area contributed by atoms with Crippen LogP contribution in [0.1, 0.15) is 26.2 Å². The van der Waals surface area contributed by atoms with Gasteiger partial charge in [0, 0.05) is 36.7 Å². The van der Waals surface area contributed by atoms with E-state index in [1.165, 1.54) is 6.42 Å². The van der Waals surface area contributed by atoms with Gasteiger partial charge in [0.1, 0.15) is 5.75 Å². The van der Waals surface area contributed by atoms with Crippen molar-refractivity contribution in [3.05, 3.63) is 28.7 Å². The number of piperidine rings is 1. The molecule has 0 N–H and O–H groups in total. The number of ether oxygens (including phenoxy) is 2. The molecule has 2 fully saturated rings. The van der Waals surface area contributed by atoms with Crippen molar-refractivity contribution in [3.8, 4) is 5.75 Å². The molecule has 0 saturated carbocycles. The molecule has 2 heterocycles. The van der Waals surface area contributed by atoms with Crippen LogP contribution in [-0.4, -0.2) is 67.2 Å². The lowest BCUT2D eigenvalue weighted by atomic mass is 10.0. The van der Waals surface area contributed by atoms with Gasteiger partial charge in [-0.05, 0) is 50.5 Å². The van der Waals surface area contributed by atoms with Gasteiger partial charge in [-0.2, -0.15) is 0 Å². The number of hydrogen-bond donors (Lipinski definition) is 0. The zero-order valence-corrected chi connectivity index (χ0v) is 16.4. The standard InChI is InChI=1S/C19H27BrN2O3/c1-15(25-18-7-5-16(20)6-8-18)19(23)22-9-3-2-4-17(22)14-21-10-12-24-13-11-21/h5-8,15,17H,2-4,9-14H2,1H3. The van der Waals surface area contributed by atoms with Crippen LogP contribution in [0.3, 0.4) is 0 Å². The van der Waals surface area contributed by atoms with Gasteiger partial charge in [-0.3, -0.25) is 9.69 Å². The summed E-state index contributed by atoms with van der Waals surface area (Å²) in [4.78, 5) is 17.4. The van der Waals surface area contributed by atoms with Crippen LogP contribution < -0.4 is 4.74 Å². The number of likely N-dealkylation sites (tertiary alicyclic amines) is 1. The second kappa shape index (κ2) is 9.01. The topological polar surface area (TPSA) is 42.0 Å². The third-order valence-corrected chi connectivity index (χ3v) is 5.49. The van der Waals surface area contributed by atoms with Gasteiger partial charge < -0.3 is 14.4 Å². The molecule has 2 unspecified atom stereocenters. The summed E-state index contributed by atoms with van der Waals surface area (Å²) >= 11 is 3.41. The highest BCUT2D eigenvalue weighted by Crippen LogP contribution is 2.22. The van der Waals surface area contributed by atoms with Gasteiger partial charge in [0.05, 0.1) is 13.2 Å². The Balaban J connectivity index is 1.59. The first-order valence-corrected chi connectivity index (χ1v) is 9.95. The molecule has 1 aromatic rings. The van der Waals surface area contributed by atoms with Crippen LogP contribution in [0.4, 0.5) is 0 Å². The van der Waals surface area contributed by atoms with E-state index in [1.54, 1.807) is 0 Å². The first-order chi connectivity index (χ1) is 12.1. The predicted molar refractivity (Wildman–Crippen MR) is 101 cm³/mol. The molecule has 0 aromatic heterocycles. The molecule has 1 aromatic carbocycles. The van der Waals surface area contributed by atoms with E-state index in [-0.39, 0.29) is 11.9 Å². The van der Waals surface area contributed by atoms with Gasteiger partial charge in [0.25, 0.3) is 5.91 Å². The van der Waals surface area contributed by atoms with Crippen LogP contribution >= 0.6 is 15.9 Å². The summed E-state index contributed by atoms with van der Waals surface area (Å²) < 4.78 is 12.3. The molecule has 5 nitrogen and oxygen atoms in total. The van der Waals surface area contributed by atoms with Crippen molar-refractivity contribution in [2.24, 2.45) is 0 Å². The van der Waals surface area contributed by atoms with Crippen LogP contribution in [0.2, 0.25) is 0 Å². The molecule has 0 bridgehead atoms. The Hall–Kier alpha value is -1.11. The maximum atomic E-state index is 13.0. The Bertz CT molecular complexity index is 560. The zero-order valence-electron chi connectivity index (χ0n) is 14.8. The molecule has 0 aliphatic carbocycles. The summed E-state index contributed by atoms with van der Waals surface area (Å²) in [5.74, 6) is 0.826. The van der Waals surface area contributed by atoms with Crippen molar-refractivity contribution >= 4 is 21.8 Å². The van der Waals surface area contributed by atoms with Crippen molar-refractivity contribution in [3.63, 3.8) is 0 Å². The van der Waals surface area contributed by atoms with Gasteiger partial charge in [-0.25, -0.2) is 0 Å². The van der Waals surface area contributed by atoms with Crippen LogP contribution in [0.5, 0.6) is 5.75 Å². The van der Waals surface area contributed by atoms with Crippen molar-refractivity contribution in [2.45, 2.75) is 38.3 Å². The molecule has 138 valence electrons. The fraction of sp³-hybridized carbons (Fsp3) is 0.632. The second-order valence-corrected chi connectivity index (χ2v) is 7.72. The van der Waals surface area contributed by atoms with E-state index in [9.17, 15) is 4.79 Å². The first kappa shape index (κ1) is 18.7. The number of rotatable bonds is 5. The minimum absolute atomic E-state index is 0.0980. The largest absolute Gasteiger partial charge is 0.481 e. The number of benzene rings is 1. The number of morpholine rings is 1. The monoisotopic (exact) mass is 410 g/mol. The summed E-state index contributed by atoms with van der Waals surface area (Å²) in [6.07, 6.45) is 2.89. The number of amides is 1. The van der Waals surface area contributed by atoms with Crippen molar-refractivity contribution in [1.82, 2.24) is 9.80 Å². The summed E-state index contributed by atoms with van der Waals surface area (Å²) in [5, 5.41) is 0. The number of halogens is 1. The van der Waals surface area contributed by atoms with Gasteiger partial charge in [-0.1, -0.05) is 15.9 Å². The fourth-order valence-electron chi connectivity index (χ4n) is 3.56. The lowest BCUT2D eigenvalue weighted by Gasteiger charge is -2.40. The number of nitrogens with zero attached hydrogens (tertiary/aromatic N) is 2. The van der Waals surface area contributed by atoms with Crippen molar-refractivity contribution < 1.29 is 14.3 Å². The van der Waals surface area contributed by atoms with Gasteiger partial charge in [-0.15, -0.1) is 0 Å². The average molecular weight is 411 g/mol. The maximum absolute atomic E-state index is 13.0. The first-order valence-electron chi connectivity index (χ1n) is 9.16. The lowest BCUT2D eigenvalue weighted by Crippen LogP contribution is -2.54. The predicted octanol–water partition coefficient (Wildman–Crippen LogP) is 2.93. The third kappa shape index (κ3) is 5.19. The summed E-state index contributed by atoms with van der Waals surface area (Å²) in [7, 11) is 0. The molecule has 0 spiro atoms. The molecule has 25 heavy (non-hydrogen) atoms. The zero-order chi connectivity index (χ0) is 17.6. The maximum Gasteiger partial charge on any atom is 0.263 e. The quantitative estimate of drug-likeness (QED) is 0.748. The van der Waals surface area contributed by atoms with Crippen molar-refractivity contribution in [1.29, 1.82) is 0 Å². The molecule has 6 heteroatoms. The molecular weight excluding hydrogens is 384 g/mol. The molecule has 2 atom stereocenters. The Morgan fingerprint density at radius 3 is 2.68 bits per heavy atom. The van der Waals surface area contributed by atoms with E-state index in [4.69, 9.17) is 9.47 Å². The molecule has 0 radical (unpaired) electrons. The summed E-state index contributed by atoms with van der Waals surface area (Å²) in [5.41, 5.74) is 0. The van der Waals surface area contributed by atoms with Gasteiger partial charge in [0.2, 0.25) is 0 Å². The van der Waals surface area contributed by atoms with E-state index in [0.717, 1.165) is 62.5 Å². The van der Waals surface area contributed by atoms with Crippen LogP contribution in [0, 0.1) is 0 Å². The van der Waals surface area contributed by atoms with E-state index in [0.29, 0.717) is 0 Å². The summed E-state index contributed by atoms with van der Waals surface area (Å²) in [6.45, 7) is 7.15. The Morgan fingerprint density at radius 1 is 1.24 bits per heavy atom. The Kier molecular flexibility index (Phi) is 6.73. The summed E-state index contributed by atoms with van der Waals surface area (Å²) in [6, 6.07) is 7.91. The van der Waals surface area contributed by atoms with Crippen molar-refractivity contribution in [2.75, 3.05) is 39.4 Å². The molecule has 1 amide bonds. The average Bonchev–Trinajstić information content (AvgIpc) is 2.64. The van der Waals surface area contributed by atoms with Crippen LogP contribution in [0.25, 0.3) is 0 Å².